The molecule has 0 radical (unpaired) electrons. The largest absolute Gasteiger partial charge is 0.483 e. The van der Waals surface area contributed by atoms with Crippen LogP contribution in [0.2, 0.25) is 0 Å². The lowest BCUT2D eigenvalue weighted by Gasteiger charge is -2.44. The lowest BCUT2D eigenvalue weighted by atomic mass is 9.86. The minimum absolute atomic E-state index is 0.0935. The van der Waals surface area contributed by atoms with Gasteiger partial charge in [0.05, 0.1) is 25.4 Å². The average molecular weight is 627 g/mol. The first-order valence-corrected chi connectivity index (χ1v) is 15.9. The van der Waals surface area contributed by atoms with Crippen LogP contribution in [-0.4, -0.2) is 42.4 Å². The molecule has 0 saturated carbocycles. The predicted molar refractivity (Wildman–Crippen MR) is 179 cm³/mol. The van der Waals surface area contributed by atoms with Gasteiger partial charge in [-0.15, -0.1) is 12.6 Å². The van der Waals surface area contributed by atoms with Gasteiger partial charge in [0.1, 0.15) is 23.4 Å². The third-order valence-corrected chi connectivity index (χ3v) is 8.27. The van der Waals surface area contributed by atoms with Gasteiger partial charge in [-0.2, -0.15) is 0 Å². The summed E-state index contributed by atoms with van der Waals surface area (Å²) in [5.41, 5.74) is 3.67. The molecule has 5 atom stereocenters. The first-order valence-electron chi connectivity index (χ1n) is 15.3. The highest BCUT2D eigenvalue weighted by Gasteiger charge is 2.49. The Hall–Kier alpha value is -3.62. The molecule has 236 valence electrons. The van der Waals surface area contributed by atoms with Crippen molar-refractivity contribution in [2.75, 3.05) is 6.61 Å². The summed E-state index contributed by atoms with van der Waals surface area (Å²) in [5.74, 6) is 0.200. The van der Waals surface area contributed by atoms with E-state index in [-0.39, 0.29) is 12.0 Å². The second kappa shape index (κ2) is 15.1. The molecule has 1 heterocycles. The molecule has 4 aromatic carbocycles. The summed E-state index contributed by atoms with van der Waals surface area (Å²) in [4.78, 5) is 13.4. The second-order valence-corrected chi connectivity index (χ2v) is 12.9. The van der Waals surface area contributed by atoms with E-state index in [1.54, 1.807) is 24.3 Å². The Balaban J connectivity index is 1.48. The molecule has 1 fully saturated rings. The predicted octanol–water partition coefficient (Wildman–Crippen LogP) is 7.72. The van der Waals surface area contributed by atoms with Crippen LogP contribution >= 0.6 is 12.6 Å². The molecular formula is C38H42O6S. The van der Waals surface area contributed by atoms with Crippen molar-refractivity contribution >= 4 is 18.6 Å². The number of ether oxygens (including phenoxy) is 5. The van der Waals surface area contributed by atoms with Crippen molar-refractivity contribution in [2.24, 2.45) is 0 Å². The molecular weight excluding hydrogens is 584 g/mol. The maximum Gasteiger partial charge on any atom is 0.338 e. The van der Waals surface area contributed by atoms with Crippen molar-refractivity contribution in [3.05, 3.63) is 137 Å². The van der Waals surface area contributed by atoms with E-state index in [0.717, 1.165) is 22.3 Å². The van der Waals surface area contributed by atoms with Crippen molar-refractivity contribution < 1.29 is 28.5 Å². The Morgan fingerprint density at radius 1 is 0.778 bits per heavy atom. The zero-order valence-electron chi connectivity index (χ0n) is 26.3. The summed E-state index contributed by atoms with van der Waals surface area (Å²) in [6.45, 7) is 9.44. The summed E-state index contributed by atoms with van der Waals surface area (Å²) >= 11 is 4.80. The van der Waals surface area contributed by atoms with E-state index in [0.29, 0.717) is 24.5 Å². The van der Waals surface area contributed by atoms with E-state index < -0.39 is 35.8 Å². The van der Waals surface area contributed by atoms with Crippen LogP contribution < -0.4 is 4.74 Å². The summed E-state index contributed by atoms with van der Waals surface area (Å²) in [7, 11) is 0. The third kappa shape index (κ3) is 8.76. The van der Waals surface area contributed by atoms with Gasteiger partial charge in [-0.1, -0.05) is 112 Å². The van der Waals surface area contributed by atoms with Gasteiger partial charge in [0.15, 0.2) is 12.2 Å². The molecule has 1 saturated heterocycles. The van der Waals surface area contributed by atoms with Crippen molar-refractivity contribution in [3.63, 3.8) is 0 Å². The van der Waals surface area contributed by atoms with Gasteiger partial charge in [-0.25, -0.2) is 4.79 Å². The molecule has 0 aliphatic carbocycles. The highest BCUT2D eigenvalue weighted by molar-refractivity contribution is 7.80. The van der Waals surface area contributed by atoms with Crippen LogP contribution in [0, 0.1) is 6.92 Å². The number of carbonyl (C=O) groups excluding carboxylic acids is 1. The highest BCUT2D eigenvalue weighted by atomic mass is 32.1. The molecule has 0 bridgehead atoms. The maximum absolute atomic E-state index is 13.4. The molecule has 0 spiro atoms. The van der Waals surface area contributed by atoms with Gasteiger partial charge in [0.2, 0.25) is 0 Å². The molecule has 5 rings (SSSR count). The average Bonchev–Trinajstić information content (AvgIpc) is 3.04. The smallest absolute Gasteiger partial charge is 0.338 e. The van der Waals surface area contributed by atoms with Crippen LogP contribution in [0.3, 0.4) is 0 Å². The number of thiol groups is 1. The number of hydrogen-bond acceptors (Lipinski definition) is 7. The molecule has 6 nitrogen and oxygen atoms in total. The number of carbonyl (C=O) groups is 1. The van der Waals surface area contributed by atoms with Crippen LogP contribution in [-0.2, 0) is 37.6 Å². The molecule has 0 amide bonds. The monoisotopic (exact) mass is 626 g/mol. The Morgan fingerprint density at radius 3 is 2.00 bits per heavy atom. The second-order valence-electron chi connectivity index (χ2n) is 12.4. The first-order chi connectivity index (χ1) is 21.7. The molecule has 0 N–H and O–H groups in total. The summed E-state index contributed by atoms with van der Waals surface area (Å²) in [6.07, 6.45) is -2.85. The summed E-state index contributed by atoms with van der Waals surface area (Å²) in [6, 6.07) is 35.0. The molecule has 45 heavy (non-hydrogen) atoms. The number of aryl methyl sites for hydroxylation is 1. The SMILES string of the molecule is Cc1ccc(C(C)(C)C)cc1O[C@@H]1[C@@H](OC(=O)c2ccccc2)[C@H](S)O[C@H](COCc2ccccc2)[C@H]1OCc1ccccc1. The van der Waals surface area contributed by atoms with Crippen molar-refractivity contribution in [3.8, 4) is 5.75 Å². The quantitative estimate of drug-likeness (QED) is 0.136. The number of hydrogen-bond donors (Lipinski definition) is 1. The fourth-order valence-corrected chi connectivity index (χ4v) is 5.62. The summed E-state index contributed by atoms with van der Waals surface area (Å²) in [5, 5.41) is 0. The normalized spacial score (nSPS) is 21.7. The minimum Gasteiger partial charge on any atom is -0.483 e. The molecule has 7 heteroatoms. The van der Waals surface area contributed by atoms with Crippen molar-refractivity contribution in [1.82, 2.24) is 0 Å². The molecule has 0 aromatic heterocycles. The van der Waals surface area contributed by atoms with E-state index in [9.17, 15) is 4.79 Å². The molecule has 1 aliphatic heterocycles. The van der Waals surface area contributed by atoms with Gasteiger partial charge in [0.25, 0.3) is 0 Å². The number of esters is 1. The van der Waals surface area contributed by atoms with E-state index >= 15 is 0 Å². The van der Waals surface area contributed by atoms with Gasteiger partial charge in [-0.05, 0) is 52.8 Å². The highest BCUT2D eigenvalue weighted by Crippen LogP contribution is 2.35. The Labute approximate surface area is 272 Å². The molecule has 4 aromatic rings. The van der Waals surface area contributed by atoms with E-state index in [1.165, 1.54) is 0 Å². The van der Waals surface area contributed by atoms with Crippen molar-refractivity contribution in [1.29, 1.82) is 0 Å². The number of benzene rings is 4. The van der Waals surface area contributed by atoms with Gasteiger partial charge >= 0.3 is 5.97 Å². The van der Waals surface area contributed by atoms with E-state index in [4.69, 9.17) is 36.3 Å². The van der Waals surface area contributed by atoms with Crippen LogP contribution in [0.15, 0.2) is 109 Å². The van der Waals surface area contributed by atoms with Crippen LogP contribution in [0.25, 0.3) is 0 Å². The number of rotatable bonds is 11. The van der Waals surface area contributed by atoms with Gasteiger partial charge in [0, 0.05) is 0 Å². The van der Waals surface area contributed by atoms with Gasteiger partial charge in [-0.3, -0.25) is 0 Å². The fourth-order valence-electron chi connectivity index (χ4n) is 5.23. The van der Waals surface area contributed by atoms with Crippen LogP contribution in [0.1, 0.15) is 53.4 Å². The summed E-state index contributed by atoms with van der Waals surface area (Å²) < 4.78 is 32.2. The minimum atomic E-state index is -0.884. The first kappa shape index (κ1) is 32.8. The zero-order chi connectivity index (χ0) is 31.8. The van der Waals surface area contributed by atoms with E-state index in [2.05, 4.69) is 39.0 Å². The molecule has 1 aliphatic rings. The fraction of sp³-hybridized carbons (Fsp3) is 0.342. The Bertz CT molecular complexity index is 1510. The van der Waals surface area contributed by atoms with Gasteiger partial charge < -0.3 is 23.7 Å². The van der Waals surface area contributed by atoms with Crippen LogP contribution in [0.5, 0.6) is 5.75 Å². The topological polar surface area (TPSA) is 63.2 Å². The van der Waals surface area contributed by atoms with Crippen molar-refractivity contribution in [2.45, 2.75) is 76.2 Å². The lowest BCUT2D eigenvalue weighted by Crippen LogP contribution is -2.61. The van der Waals surface area contributed by atoms with E-state index in [1.807, 2.05) is 73.7 Å². The van der Waals surface area contributed by atoms with Crippen LogP contribution in [0.4, 0.5) is 0 Å². The maximum atomic E-state index is 13.4. The Kier molecular flexibility index (Phi) is 11.0. The lowest BCUT2D eigenvalue weighted by molar-refractivity contribution is -0.221. The third-order valence-electron chi connectivity index (χ3n) is 7.86. The Morgan fingerprint density at radius 2 is 1.38 bits per heavy atom. The zero-order valence-corrected chi connectivity index (χ0v) is 27.2. The standard InChI is InChI=1S/C38H42O6S/c1-26-20-21-30(38(2,3)4)22-31(26)42-34-33(41-24-28-16-10-6-11-17-28)32(25-40-23-27-14-8-5-9-15-27)43-37(45)35(34)44-36(39)29-18-12-7-13-19-29/h5-22,32-35,37,45H,23-25H2,1-4H3/t32-,33-,34+,35-,37+/m1/s1. The molecule has 0 unspecified atom stereocenters.